The molecular formula is C10H12N4O. The number of rotatable bonds is 2. The van der Waals surface area contributed by atoms with Gasteiger partial charge >= 0.3 is 0 Å². The van der Waals surface area contributed by atoms with Crippen molar-refractivity contribution in [3.8, 4) is 11.3 Å². The molecule has 0 aliphatic heterocycles. The molecule has 0 saturated heterocycles. The van der Waals surface area contributed by atoms with Crippen molar-refractivity contribution in [1.29, 1.82) is 0 Å². The monoisotopic (exact) mass is 204 g/mol. The van der Waals surface area contributed by atoms with Crippen LogP contribution in [0.4, 0.5) is 0 Å². The summed E-state index contributed by atoms with van der Waals surface area (Å²) < 4.78 is 4.97. The van der Waals surface area contributed by atoms with E-state index >= 15 is 0 Å². The molecule has 78 valence electrons. The topological polar surface area (TPSA) is 77.8 Å². The molecule has 2 aromatic heterocycles. The second-order valence-corrected chi connectivity index (χ2v) is 3.29. The van der Waals surface area contributed by atoms with Crippen LogP contribution in [-0.4, -0.2) is 15.1 Å². The van der Waals surface area contributed by atoms with Gasteiger partial charge in [0.15, 0.2) is 0 Å². The van der Waals surface area contributed by atoms with Crippen LogP contribution in [-0.2, 0) is 6.54 Å². The molecule has 2 rings (SSSR count). The summed E-state index contributed by atoms with van der Waals surface area (Å²) in [7, 11) is 0. The molecule has 0 atom stereocenters. The van der Waals surface area contributed by atoms with Gasteiger partial charge < -0.3 is 10.3 Å². The van der Waals surface area contributed by atoms with Crippen molar-refractivity contribution in [2.24, 2.45) is 5.73 Å². The molecule has 0 radical (unpaired) electrons. The zero-order valence-corrected chi connectivity index (χ0v) is 8.69. The molecule has 0 saturated carbocycles. The highest BCUT2D eigenvalue weighted by atomic mass is 16.5. The lowest BCUT2D eigenvalue weighted by molar-refractivity contribution is 0.398. The van der Waals surface area contributed by atoms with E-state index in [0.29, 0.717) is 6.54 Å². The maximum Gasteiger partial charge on any atom is 0.143 e. The normalized spacial score (nSPS) is 10.6. The van der Waals surface area contributed by atoms with Gasteiger partial charge in [-0.1, -0.05) is 5.16 Å². The van der Waals surface area contributed by atoms with Gasteiger partial charge in [0.2, 0.25) is 0 Å². The Labute approximate surface area is 87.3 Å². The SMILES string of the molecule is Cc1ncc(-c2cnoc2C)nc1CN. The van der Waals surface area contributed by atoms with Crippen LogP contribution < -0.4 is 5.73 Å². The summed E-state index contributed by atoms with van der Waals surface area (Å²) in [6.07, 6.45) is 3.34. The maximum absolute atomic E-state index is 5.57. The van der Waals surface area contributed by atoms with Gasteiger partial charge in [-0.15, -0.1) is 0 Å². The highest BCUT2D eigenvalue weighted by Crippen LogP contribution is 2.20. The highest BCUT2D eigenvalue weighted by molar-refractivity contribution is 5.59. The van der Waals surface area contributed by atoms with E-state index in [4.69, 9.17) is 10.3 Å². The van der Waals surface area contributed by atoms with Gasteiger partial charge in [-0.3, -0.25) is 4.98 Å². The standard InChI is InChI=1S/C10H12N4O/c1-6-9(3-11)14-10(5-12-6)8-4-13-15-7(8)2/h4-5H,3,11H2,1-2H3. The molecule has 0 aliphatic carbocycles. The average Bonchev–Trinajstić information content (AvgIpc) is 2.65. The molecule has 0 aromatic carbocycles. The summed E-state index contributed by atoms with van der Waals surface area (Å²) in [4.78, 5) is 8.64. The van der Waals surface area contributed by atoms with Gasteiger partial charge in [0.25, 0.3) is 0 Å². The van der Waals surface area contributed by atoms with E-state index in [0.717, 1.165) is 28.4 Å². The van der Waals surface area contributed by atoms with Crippen LogP contribution in [0.1, 0.15) is 17.1 Å². The zero-order chi connectivity index (χ0) is 10.8. The Bertz CT molecular complexity index is 478. The first kappa shape index (κ1) is 9.79. The number of aromatic nitrogens is 3. The van der Waals surface area contributed by atoms with E-state index in [9.17, 15) is 0 Å². The van der Waals surface area contributed by atoms with Crippen molar-refractivity contribution in [1.82, 2.24) is 15.1 Å². The molecule has 0 unspecified atom stereocenters. The first-order chi connectivity index (χ1) is 7.22. The molecule has 2 aromatic rings. The number of hydrogen-bond acceptors (Lipinski definition) is 5. The van der Waals surface area contributed by atoms with Crippen molar-refractivity contribution in [3.63, 3.8) is 0 Å². The van der Waals surface area contributed by atoms with Crippen LogP contribution in [0.3, 0.4) is 0 Å². The third kappa shape index (κ3) is 1.73. The molecule has 2 N–H and O–H groups in total. The predicted molar refractivity (Wildman–Crippen MR) is 54.9 cm³/mol. The summed E-state index contributed by atoms with van der Waals surface area (Å²) in [5, 5.41) is 3.70. The molecule has 2 heterocycles. The van der Waals surface area contributed by atoms with Crippen LogP contribution in [0.5, 0.6) is 0 Å². The summed E-state index contributed by atoms with van der Waals surface area (Å²) in [6.45, 7) is 4.11. The van der Waals surface area contributed by atoms with Gasteiger partial charge in [-0.05, 0) is 13.8 Å². The van der Waals surface area contributed by atoms with Gasteiger partial charge in [0, 0.05) is 6.54 Å². The molecule has 0 fully saturated rings. The quantitative estimate of drug-likeness (QED) is 0.795. The Morgan fingerprint density at radius 2 is 2.13 bits per heavy atom. The molecule has 0 bridgehead atoms. The molecule has 15 heavy (non-hydrogen) atoms. The fourth-order valence-corrected chi connectivity index (χ4v) is 1.36. The molecule has 5 heteroatoms. The van der Waals surface area contributed by atoms with E-state index in [-0.39, 0.29) is 0 Å². The Hall–Kier alpha value is -1.75. The molecular weight excluding hydrogens is 192 g/mol. The van der Waals surface area contributed by atoms with E-state index in [1.807, 2.05) is 13.8 Å². The van der Waals surface area contributed by atoms with Crippen LogP contribution in [0.15, 0.2) is 16.9 Å². The van der Waals surface area contributed by atoms with Crippen LogP contribution in [0.2, 0.25) is 0 Å². The summed E-state index contributed by atoms with van der Waals surface area (Å²) in [6, 6.07) is 0. The number of nitrogens with two attached hydrogens (primary N) is 1. The van der Waals surface area contributed by atoms with Gasteiger partial charge in [0.05, 0.1) is 35.0 Å². The molecule has 0 amide bonds. The Morgan fingerprint density at radius 1 is 1.33 bits per heavy atom. The second kappa shape index (κ2) is 3.78. The Kier molecular flexibility index (Phi) is 2.47. The molecule has 5 nitrogen and oxygen atoms in total. The maximum atomic E-state index is 5.57. The zero-order valence-electron chi connectivity index (χ0n) is 8.69. The lowest BCUT2D eigenvalue weighted by atomic mass is 10.2. The van der Waals surface area contributed by atoms with E-state index < -0.39 is 0 Å². The fourth-order valence-electron chi connectivity index (χ4n) is 1.36. The minimum absolute atomic E-state index is 0.386. The predicted octanol–water partition coefficient (Wildman–Crippen LogP) is 1.21. The Balaban J connectivity index is 2.51. The average molecular weight is 204 g/mol. The molecule has 0 aliphatic rings. The van der Waals surface area contributed by atoms with Crippen molar-refractivity contribution >= 4 is 0 Å². The largest absolute Gasteiger partial charge is 0.361 e. The smallest absolute Gasteiger partial charge is 0.143 e. The van der Waals surface area contributed by atoms with Crippen molar-refractivity contribution in [3.05, 3.63) is 29.5 Å². The highest BCUT2D eigenvalue weighted by Gasteiger charge is 2.09. The molecule has 0 spiro atoms. The third-order valence-electron chi connectivity index (χ3n) is 2.27. The summed E-state index contributed by atoms with van der Waals surface area (Å²) in [5.41, 5.74) is 8.83. The third-order valence-corrected chi connectivity index (χ3v) is 2.27. The van der Waals surface area contributed by atoms with E-state index in [2.05, 4.69) is 15.1 Å². The minimum atomic E-state index is 0.386. The summed E-state index contributed by atoms with van der Waals surface area (Å²) in [5.74, 6) is 0.733. The first-order valence-electron chi connectivity index (χ1n) is 4.66. The number of nitrogens with zero attached hydrogens (tertiary/aromatic N) is 3. The second-order valence-electron chi connectivity index (χ2n) is 3.29. The van der Waals surface area contributed by atoms with Crippen LogP contribution >= 0.6 is 0 Å². The summed E-state index contributed by atoms with van der Waals surface area (Å²) >= 11 is 0. The van der Waals surface area contributed by atoms with Gasteiger partial charge in [0.1, 0.15) is 5.76 Å². The van der Waals surface area contributed by atoms with Gasteiger partial charge in [-0.25, -0.2) is 4.98 Å². The van der Waals surface area contributed by atoms with Crippen LogP contribution in [0, 0.1) is 13.8 Å². The van der Waals surface area contributed by atoms with Crippen molar-refractivity contribution in [2.45, 2.75) is 20.4 Å². The first-order valence-corrected chi connectivity index (χ1v) is 4.66. The minimum Gasteiger partial charge on any atom is -0.361 e. The van der Waals surface area contributed by atoms with Gasteiger partial charge in [-0.2, -0.15) is 0 Å². The van der Waals surface area contributed by atoms with E-state index in [1.165, 1.54) is 0 Å². The number of aryl methyl sites for hydroxylation is 2. The lowest BCUT2D eigenvalue weighted by Crippen LogP contribution is -2.05. The van der Waals surface area contributed by atoms with Crippen LogP contribution in [0.25, 0.3) is 11.3 Å². The Morgan fingerprint density at radius 3 is 2.73 bits per heavy atom. The van der Waals surface area contributed by atoms with E-state index in [1.54, 1.807) is 12.4 Å². The number of hydrogen-bond donors (Lipinski definition) is 1. The van der Waals surface area contributed by atoms with Crippen molar-refractivity contribution in [2.75, 3.05) is 0 Å². The lowest BCUT2D eigenvalue weighted by Gasteiger charge is -2.03. The van der Waals surface area contributed by atoms with Crippen molar-refractivity contribution < 1.29 is 4.52 Å². The fraction of sp³-hybridized carbons (Fsp3) is 0.300.